The van der Waals surface area contributed by atoms with Crippen molar-refractivity contribution in [3.05, 3.63) is 94.5 Å². The van der Waals surface area contributed by atoms with Crippen LogP contribution < -0.4 is 9.62 Å². The third kappa shape index (κ3) is 7.23. The third-order valence-electron chi connectivity index (χ3n) is 6.40. The maximum Gasteiger partial charge on any atom is 0.264 e. The Balaban J connectivity index is 2.03. The topological polar surface area (TPSA) is 86.8 Å². The van der Waals surface area contributed by atoms with E-state index in [1.165, 1.54) is 17.0 Å². The Hall–Kier alpha value is -3.17. The normalized spacial score (nSPS) is 12.9. The van der Waals surface area contributed by atoms with Crippen LogP contribution in [0.2, 0.25) is 0 Å². The fraction of sp³-hybridized carbons (Fsp3) is 0.310. The molecule has 0 bridgehead atoms. The Kier molecular flexibility index (Phi) is 10.1. The summed E-state index contributed by atoms with van der Waals surface area (Å²) >= 11 is 3.46. The zero-order valence-corrected chi connectivity index (χ0v) is 24.5. The lowest BCUT2D eigenvalue weighted by Crippen LogP contribution is -2.52. The van der Waals surface area contributed by atoms with Crippen molar-refractivity contribution in [2.24, 2.45) is 0 Å². The molecule has 0 saturated heterocycles. The van der Waals surface area contributed by atoms with E-state index in [0.29, 0.717) is 11.3 Å². The first kappa shape index (κ1) is 29.4. The number of halogens is 1. The summed E-state index contributed by atoms with van der Waals surface area (Å²) in [4.78, 5) is 28.5. The molecule has 38 heavy (non-hydrogen) atoms. The molecule has 7 nitrogen and oxygen atoms in total. The maximum atomic E-state index is 13.9. The molecular formula is C29H34BrN3O4S. The molecule has 2 atom stereocenters. The zero-order valence-electron chi connectivity index (χ0n) is 22.1. The second kappa shape index (κ2) is 13.1. The highest BCUT2D eigenvalue weighted by Crippen LogP contribution is 2.27. The van der Waals surface area contributed by atoms with E-state index in [4.69, 9.17) is 0 Å². The van der Waals surface area contributed by atoms with Gasteiger partial charge in [-0.2, -0.15) is 0 Å². The van der Waals surface area contributed by atoms with Gasteiger partial charge in [0.2, 0.25) is 11.8 Å². The van der Waals surface area contributed by atoms with Crippen molar-refractivity contribution in [2.45, 2.75) is 57.6 Å². The van der Waals surface area contributed by atoms with Gasteiger partial charge < -0.3 is 10.2 Å². The molecule has 9 heteroatoms. The molecule has 0 aliphatic carbocycles. The van der Waals surface area contributed by atoms with Crippen LogP contribution in [-0.4, -0.2) is 43.8 Å². The number of anilines is 1. The molecule has 0 spiro atoms. The van der Waals surface area contributed by atoms with Gasteiger partial charge in [-0.15, -0.1) is 0 Å². The van der Waals surface area contributed by atoms with E-state index >= 15 is 0 Å². The van der Waals surface area contributed by atoms with E-state index in [-0.39, 0.29) is 23.4 Å². The van der Waals surface area contributed by atoms with E-state index in [1.54, 1.807) is 50.2 Å². The molecule has 0 aliphatic heterocycles. The highest BCUT2D eigenvalue weighted by Gasteiger charge is 2.33. The molecule has 3 aromatic carbocycles. The first-order valence-corrected chi connectivity index (χ1v) is 14.8. The smallest absolute Gasteiger partial charge is 0.264 e. The van der Waals surface area contributed by atoms with Crippen molar-refractivity contribution in [1.82, 2.24) is 10.2 Å². The van der Waals surface area contributed by atoms with Gasteiger partial charge in [0.05, 0.1) is 10.6 Å². The van der Waals surface area contributed by atoms with Crippen LogP contribution in [-0.2, 0) is 26.2 Å². The molecule has 0 heterocycles. The van der Waals surface area contributed by atoms with E-state index in [0.717, 1.165) is 20.8 Å². The van der Waals surface area contributed by atoms with Crippen molar-refractivity contribution in [3.8, 4) is 0 Å². The SMILES string of the molecule is CCC(C)NC(=O)C(C)N(Cc1cccc(Br)c1)C(=O)CN(c1ccccc1C)S(=O)(=O)c1ccccc1. The monoisotopic (exact) mass is 599 g/mol. The summed E-state index contributed by atoms with van der Waals surface area (Å²) in [5.41, 5.74) is 1.92. The number of nitrogens with one attached hydrogen (secondary N) is 1. The summed E-state index contributed by atoms with van der Waals surface area (Å²) in [7, 11) is -4.08. The Morgan fingerprint density at radius 1 is 0.947 bits per heavy atom. The van der Waals surface area contributed by atoms with Crippen LogP contribution in [0.5, 0.6) is 0 Å². The summed E-state index contributed by atoms with van der Waals surface area (Å²) < 4.78 is 29.6. The van der Waals surface area contributed by atoms with Crippen LogP contribution in [0.1, 0.15) is 38.3 Å². The first-order chi connectivity index (χ1) is 18.0. The van der Waals surface area contributed by atoms with Gasteiger partial charge >= 0.3 is 0 Å². The summed E-state index contributed by atoms with van der Waals surface area (Å²) in [5.74, 6) is -0.782. The Labute approximate surface area is 234 Å². The third-order valence-corrected chi connectivity index (χ3v) is 8.67. The summed E-state index contributed by atoms with van der Waals surface area (Å²) in [6.45, 7) is 7.01. The number of benzene rings is 3. The summed E-state index contributed by atoms with van der Waals surface area (Å²) in [6, 6.07) is 21.7. The average molecular weight is 601 g/mol. The van der Waals surface area contributed by atoms with Crippen LogP contribution >= 0.6 is 15.9 Å². The molecule has 0 aliphatic rings. The van der Waals surface area contributed by atoms with Gasteiger partial charge in [-0.1, -0.05) is 71.4 Å². The quantitative estimate of drug-likeness (QED) is 0.324. The molecule has 0 fully saturated rings. The van der Waals surface area contributed by atoms with Crippen LogP contribution in [0, 0.1) is 6.92 Å². The lowest BCUT2D eigenvalue weighted by Gasteiger charge is -2.33. The van der Waals surface area contributed by atoms with Gasteiger partial charge in [-0.25, -0.2) is 8.42 Å². The molecule has 2 unspecified atom stereocenters. The fourth-order valence-electron chi connectivity index (χ4n) is 3.96. The number of carbonyl (C=O) groups is 2. The number of hydrogen-bond donors (Lipinski definition) is 1. The zero-order chi connectivity index (χ0) is 27.9. The van der Waals surface area contributed by atoms with E-state index in [2.05, 4.69) is 21.2 Å². The van der Waals surface area contributed by atoms with E-state index < -0.39 is 28.5 Å². The molecule has 0 saturated carbocycles. The number of aryl methyl sites for hydroxylation is 1. The first-order valence-electron chi connectivity index (χ1n) is 12.5. The highest BCUT2D eigenvalue weighted by atomic mass is 79.9. The maximum absolute atomic E-state index is 13.9. The lowest BCUT2D eigenvalue weighted by atomic mass is 10.1. The molecule has 3 aromatic rings. The minimum Gasteiger partial charge on any atom is -0.352 e. The number of rotatable bonds is 11. The van der Waals surface area contributed by atoms with Crippen molar-refractivity contribution < 1.29 is 18.0 Å². The van der Waals surface area contributed by atoms with E-state index in [1.807, 2.05) is 44.2 Å². The molecular weight excluding hydrogens is 566 g/mol. The second-order valence-electron chi connectivity index (χ2n) is 9.26. The van der Waals surface area contributed by atoms with Gasteiger partial charge in [-0.3, -0.25) is 13.9 Å². The molecule has 2 amide bonds. The fourth-order valence-corrected chi connectivity index (χ4v) is 5.90. The summed E-state index contributed by atoms with van der Waals surface area (Å²) in [6.07, 6.45) is 0.744. The summed E-state index contributed by atoms with van der Waals surface area (Å²) in [5, 5.41) is 2.94. The van der Waals surface area contributed by atoms with E-state index in [9.17, 15) is 18.0 Å². The number of nitrogens with zero attached hydrogens (tertiary/aromatic N) is 2. The molecule has 1 N–H and O–H groups in total. The predicted molar refractivity (Wildman–Crippen MR) is 154 cm³/mol. The van der Waals surface area contributed by atoms with Gasteiger partial charge in [0.1, 0.15) is 12.6 Å². The molecule has 0 aromatic heterocycles. The van der Waals surface area contributed by atoms with Crippen molar-refractivity contribution in [3.63, 3.8) is 0 Å². The van der Waals surface area contributed by atoms with Crippen molar-refractivity contribution >= 4 is 43.5 Å². The minimum absolute atomic E-state index is 0.0605. The highest BCUT2D eigenvalue weighted by molar-refractivity contribution is 9.10. The standard InChI is InChI=1S/C29H34BrN3O4S/c1-5-22(3)31-29(35)23(4)32(19-24-13-11-14-25(30)18-24)28(34)20-33(27-17-10-9-12-21(27)2)38(36,37)26-15-7-6-8-16-26/h6-18,22-23H,5,19-20H2,1-4H3,(H,31,35). The van der Waals surface area contributed by atoms with Crippen molar-refractivity contribution in [1.29, 1.82) is 0 Å². The van der Waals surface area contributed by atoms with Gasteiger partial charge in [0.15, 0.2) is 0 Å². The second-order valence-corrected chi connectivity index (χ2v) is 12.0. The Morgan fingerprint density at radius 3 is 2.24 bits per heavy atom. The van der Waals surface area contributed by atoms with Gasteiger partial charge in [-0.05, 0) is 68.7 Å². The van der Waals surface area contributed by atoms with Crippen LogP contribution in [0.3, 0.4) is 0 Å². The Morgan fingerprint density at radius 2 is 1.61 bits per heavy atom. The van der Waals surface area contributed by atoms with Gasteiger partial charge in [0, 0.05) is 17.1 Å². The van der Waals surface area contributed by atoms with Gasteiger partial charge in [0.25, 0.3) is 10.0 Å². The average Bonchev–Trinajstić information content (AvgIpc) is 2.90. The lowest BCUT2D eigenvalue weighted by molar-refractivity contribution is -0.139. The van der Waals surface area contributed by atoms with Crippen molar-refractivity contribution in [2.75, 3.05) is 10.8 Å². The number of amides is 2. The number of para-hydroxylation sites is 1. The number of carbonyl (C=O) groups excluding carboxylic acids is 2. The predicted octanol–water partition coefficient (Wildman–Crippen LogP) is 5.28. The number of sulfonamides is 1. The minimum atomic E-state index is -4.08. The molecule has 202 valence electrons. The number of hydrogen-bond acceptors (Lipinski definition) is 4. The molecule has 0 radical (unpaired) electrons. The van der Waals surface area contributed by atoms with Crippen LogP contribution in [0.15, 0.2) is 88.2 Å². The molecule has 3 rings (SSSR count). The van der Waals surface area contributed by atoms with Crippen LogP contribution in [0.25, 0.3) is 0 Å². The van der Waals surface area contributed by atoms with Crippen LogP contribution in [0.4, 0.5) is 5.69 Å². The Bertz CT molecular complexity index is 1370. The largest absolute Gasteiger partial charge is 0.352 e.